The molecule has 2 heterocycles. The predicted octanol–water partition coefficient (Wildman–Crippen LogP) is 4.26. The summed E-state index contributed by atoms with van der Waals surface area (Å²) in [5.74, 6) is 0.958. The summed E-state index contributed by atoms with van der Waals surface area (Å²) in [7, 11) is 0. The first-order chi connectivity index (χ1) is 7.65. The van der Waals surface area contributed by atoms with Gasteiger partial charge in [-0.05, 0) is 54.0 Å². The molecule has 2 aromatic heterocycles. The maximum absolute atomic E-state index is 5.50. The van der Waals surface area contributed by atoms with E-state index in [-0.39, 0.29) is 6.04 Å². The summed E-state index contributed by atoms with van der Waals surface area (Å²) in [6.45, 7) is 5.12. The number of nitrogens with one attached hydrogen (secondary N) is 1. The standard InChI is InChI=1S/C12H14BrNOS/c1-8-3-4-10(16-8)7-14-9(2)11-5-6-12(13)15-11/h3-6,9,14H,7H2,1-2H3. The van der Waals surface area contributed by atoms with Crippen LogP contribution in [0.1, 0.15) is 28.5 Å². The molecule has 1 N–H and O–H groups in total. The summed E-state index contributed by atoms with van der Waals surface area (Å²) >= 11 is 5.14. The molecule has 0 fully saturated rings. The largest absolute Gasteiger partial charge is 0.453 e. The van der Waals surface area contributed by atoms with Crippen LogP contribution in [0.2, 0.25) is 0 Å². The molecule has 0 aromatic carbocycles. The lowest BCUT2D eigenvalue weighted by Crippen LogP contribution is -2.16. The molecule has 16 heavy (non-hydrogen) atoms. The van der Waals surface area contributed by atoms with E-state index in [1.165, 1.54) is 9.75 Å². The molecule has 0 amide bonds. The van der Waals surface area contributed by atoms with Crippen LogP contribution < -0.4 is 5.32 Å². The SMILES string of the molecule is Cc1ccc(CNC(C)c2ccc(Br)o2)s1. The first-order valence-corrected chi connectivity index (χ1v) is 6.80. The molecule has 0 aliphatic carbocycles. The fraction of sp³-hybridized carbons (Fsp3) is 0.333. The molecule has 2 aromatic rings. The van der Waals surface area contributed by atoms with Gasteiger partial charge in [0.05, 0.1) is 6.04 Å². The lowest BCUT2D eigenvalue weighted by atomic mass is 10.2. The van der Waals surface area contributed by atoms with Gasteiger partial charge < -0.3 is 9.73 Å². The van der Waals surface area contributed by atoms with E-state index in [1.54, 1.807) is 0 Å². The summed E-state index contributed by atoms with van der Waals surface area (Å²) in [6.07, 6.45) is 0. The lowest BCUT2D eigenvalue weighted by Gasteiger charge is -2.09. The van der Waals surface area contributed by atoms with Crippen molar-refractivity contribution in [2.75, 3.05) is 0 Å². The van der Waals surface area contributed by atoms with Gasteiger partial charge in [-0.2, -0.15) is 0 Å². The average molecular weight is 300 g/mol. The Balaban J connectivity index is 1.91. The van der Waals surface area contributed by atoms with Gasteiger partial charge in [0.1, 0.15) is 5.76 Å². The van der Waals surface area contributed by atoms with Crippen molar-refractivity contribution in [3.05, 3.63) is 44.4 Å². The van der Waals surface area contributed by atoms with Crippen molar-refractivity contribution in [1.82, 2.24) is 5.32 Å². The first kappa shape index (κ1) is 11.9. The lowest BCUT2D eigenvalue weighted by molar-refractivity contribution is 0.419. The molecule has 0 saturated carbocycles. The molecular formula is C12H14BrNOS. The summed E-state index contributed by atoms with van der Waals surface area (Å²) in [4.78, 5) is 2.71. The first-order valence-electron chi connectivity index (χ1n) is 5.19. The predicted molar refractivity (Wildman–Crippen MR) is 70.7 cm³/mol. The zero-order chi connectivity index (χ0) is 11.5. The van der Waals surface area contributed by atoms with Crippen LogP contribution in [-0.2, 0) is 6.54 Å². The molecule has 2 rings (SSSR count). The molecule has 0 spiro atoms. The molecular weight excluding hydrogens is 286 g/mol. The number of hydrogen-bond acceptors (Lipinski definition) is 3. The zero-order valence-electron chi connectivity index (χ0n) is 9.29. The van der Waals surface area contributed by atoms with Gasteiger partial charge >= 0.3 is 0 Å². The minimum Gasteiger partial charge on any atom is -0.453 e. The van der Waals surface area contributed by atoms with E-state index in [0.717, 1.165) is 17.0 Å². The second kappa shape index (κ2) is 5.17. The van der Waals surface area contributed by atoms with Gasteiger partial charge in [0.25, 0.3) is 0 Å². The quantitative estimate of drug-likeness (QED) is 0.912. The van der Waals surface area contributed by atoms with Crippen molar-refractivity contribution in [3.63, 3.8) is 0 Å². The van der Waals surface area contributed by atoms with Gasteiger partial charge in [-0.3, -0.25) is 0 Å². The Morgan fingerprint density at radius 2 is 2.19 bits per heavy atom. The second-order valence-corrected chi connectivity index (χ2v) is 5.91. The highest BCUT2D eigenvalue weighted by molar-refractivity contribution is 9.10. The van der Waals surface area contributed by atoms with Crippen molar-refractivity contribution in [1.29, 1.82) is 0 Å². The van der Waals surface area contributed by atoms with Crippen molar-refractivity contribution in [3.8, 4) is 0 Å². The van der Waals surface area contributed by atoms with E-state index in [2.05, 4.69) is 47.2 Å². The number of aryl methyl sites for hydroxylation is 1. The number of rotatable bonds is 4. The van der Waals surface area contributed by atoms with Crippen LogP contribution in [0.15, 0.2) is 33.4 Å². The Morgan fingerprint density at radius 1 is 1.38 bits per heavy atom. The van der Waals surface area contributed by atoms with Crippen LogP contribution in [0.25, 0.3) is 0 Å². The van der Waals surface area contributed by atoms with E-state index >= 15 is 0 Å². The van der Waals surface area contributed by atoms with E-state index in [1.807, 2.05) is 23.5 Å². The molecule has 0 radical (unpaired) electrons. The Kier molecular flexibility index (Phi) is 3.84. The topological polar surface area (TPSA) is 25.2 Å². The smallest absolute Gasteiger partial charge is 0.169 e. The Labute approximate surface area is 108 Å². The molecule has 0 bridgehead atoms. The number of halogens is 1. The van der Waals surface area contributed by atoms with Gasteiger partial charge in [-0.1, -0.05) is 0 Å². The van der Waals surface area contributed by atoms with E-state index < -0.39 is 0 Å². The van der Waals surface area contributed by atoms with Gasteiger partial charge in [0, 0.05) is 16.3 Å². The van der Waals surface area contributed by atoms with Gasteiger partial charge in [-0.25, -0.2) is 0 Å². The van der Waals surface area contributed by atoms with Gasteiger partial charge in [0.15, 0.2) is 4.67 Å². The van der Waals surface area contributed by atoms with Crippen molar-refractivity contribution >= 4 is 27.3 Å². The number of thiophene rings is 1. The molecule has 0 saturated heterocycles. The highest BCUT2D eigenvalue weighted by Gasteiger charge is 2.09. The third-order valence-corrected chi connectivity index (χ3v) is 3.83. The normalized spacial score (nSPS) is 12.9. The summed E-state index contributed by atoms with van der Waals surface area (Å²) in [6, 6.07) is 8.45. The molecule has 4 heteroatoms. The van der Waals surface area contributed by atoms with Crippen LogP contribution in [-0.4, -0.2) is 0 Å². The van der Waals surface area contributed by atoms with E-state index in [9.17, 15) is 0 Å². The average Bonchev–Trinajstić information content (AvgIpc) is 2.84. The van der Waals surface area contributed by atoms with Gasteiger partial charge in [0.2, 0.25) is 0 Å². The highest BCUT2D eigenvalue weighted by Crippen LogP contribution is 2.21. The van der Waals surface area contributed by atoms with E-state index in [4.69, 9.17) is 4.42 Å². The molecule has 0 aliphatic heterocycles. The van der Waals surface area contributed by atoms with Crippen LogP contribution in [0, 0.1) is 6.92 Å². The molecule has 1 unspecified atom stereocenters. The van der Waals surface area contributed by atoms with Crippen LogP contribution in [0.4, 0.5) is 0 Å². The molecule has 2 nitrogen and oxygen atoms in total. The zero-order valence-corrected chi connectivity index (χ0v) is 11.7. The number of hydrogen-bond donors (Lipinski definition) is 1. The summed E-state index contributed by atoms with van der Waals surface area (Å²) in [5.41, 5.74) is 0. The third kappa shape index (κ3) is 2.97. The van der Waals surface area contributed by atoms with Crippen LogP contribution in [0.5, 0.6) is 0 Å². The highest BCUT2D eigenvalue weighted by atomic mass is 79.9. The summed E-state index contributed by atoms with van der Waals surface area (Å²) in [5, 5.41) is 3.44. The van der Waals surface area contributed by atoms with Crippen molar-refractivity contribution in [2.24, 2.45) is 0 Å². The fourth-order valence-corrected chi connectivity index (χ4v) is 2.66. The van der Waals surface area contributed by atoms with Crippen molar-refractivity contribution < 1.29 is 4.42 Å². The monoisotopic (exact) mass is 299 g/mol. The van der Waals surface area contributed by atoms with Crippen LogP contribution >= 0.6 is 27.3 Å². The number of furan rings is 1. The maximum Gasteiger partial charge on any atom is 0.169 e. The minimum atomic E-state index is 0.230. The van der Waals surface area contributed by atoms with Gasteiger partial charge in [-0.15, -0.1) is 11.3 Å². The Bertz CT molecular complexity index is 463. The third-order valence-electron chi connectivity index (χ3n) is 2.40. The van der Waals surface area contributed by atoms with Crippen molar-refractivity contribution in [2.45, 2.75) is 26.4 Å². The molecule has 0 aliphatic rings. The molecule has 86 valence electrons. The Hall–Kier alpha value is -0.580. The minimum absolute atomic E-state index is 0.230. The summed E-state index contributed by atoms with van der Waals surface area (Å²) < 4.78 is 6.28. The van der Waals surface area contributed by atoms with E-state index in [0.29, 0.717) is 0 Å². The maximum atomic E-state index is 5.50. The Morgan fingerprint density at radius 3 is 2.75 bits per heavy atom. The van der Waals surface area contributed by atoms with Crippen LogP contribution in [0.3, 0.4) is 0 Å². The fourth-order valence-electron chi connectivity index (χ4n) is 1.50. The second-order valence-electron chi connectivity index (χ2n) is 3.76. The molecule has 1 atom stereocenters.